The van der Waals surface area contributed by atoms with Crippen molar-refractivity contribution in [1.29, 1.82) is 0 Å². The number of ether oxygens (including phenoxy) is 1. The maximum Gasteiger partial charge on any atom is 0.123 e. The first-order chi connectivity index (χ1) is 6.77. The largest absolute Gasteiger partial charge is 0.379 e. The number of nitrogens with two attached hydrogens (primary N) is 1. The Balaban J connectivity index is 2.23. The highest BCUT2D eigenvalue weighted by Gasteiger charge is 2.39. The monoisotopic (exact) mass is 195 g/mol. The molecule has 1 saturated heterocycles. The van der Waals surface area contributed by atoms with E-state index in [1.54, 1.807) is 0 Å². The first-order valence-electron chi connectivity index (χ1n) is 4.81. The second-order valence-corrected chi connectivity index (χ2v) is 3.82. The van der Waals surface area contributed by atoms with Crippen molar-refractivity contribution in [2.24, 2.45) is 5.73 Å². The molecule has 0 aliphatic carbocycles. The quantitative estimate of drug-likeness (QED) is 0.792. The van der Waals surface area contributed by atoms with Gasteiger partial charge >= 0.3 is 0 Å². The molecular formula is C11H14FNO. The fourth-order valence-corrected chi connectivity index (χ4v) is 1.88. The van der Waals surface area contributed by atoms with E-state index >= 15 is 0 Å². The molecule has 0 atom stereocenters. The van der Waals surface area contributed by atoms with Gasteiger partial charge in [0.2, 0.25) is 0 Å². The van der Waals surface area contributed by atoms with Gasteiger partial charge in [-0.25, -0.2) is 4.39 Å². The van der Waals surface area contributed by atoms with Crippen molar-refractivity contribution in [2.75, 3.05) is 19.8 Å². The summed E-state index contributed by atoms with van der Waals surface area (Å²) < 4.78 is 18.0. The van der Waals surface area contributed by atoms with Crippen molar-refractivity contribution in [3.05, 3.63) is 35.6 Å². The van der Waals surface area contributed by atoms with Crippen molar-refractivity contribution in [3.8, 4) is 0 Å². The first kappa shape index (κ1) is 9.62. The van der Waals surface area contributed by atoms with E-state index in [-0.39, 0.29) is 11.2 Å². The Morgan fingerprint density at radius 1 is 1.29 bits per heavy atom. The lowest BCUT2D eigenvalue weighted by Gasteiger charge is -2.42. The Hall–Kier alpha value is -0.930. The van der Waals surface area contributed by atoms with Crippen LogP contribution in [0.5, 0.6) is 0 Å². The molecule has 76 valence electrons. The van der Waals surface area contributed by atoms with Gasteiger partial charge in [0, 0.05) is 5.41 Å². The molecule has 0 unspecified atom stereocenters. The normalized spacial score (nSPS) is 19.0. The lowest BCUT2D eigenvalue weighted by molar-refractivity contribution is -0.0631. The molecule has 1 aliphatic rings. The Kier molecular flexibility index (Phi) is 2.52. The summed E-state index contributed by atoms with van der Waals surface area (Å²) in [5.41, 5.74) is 6.74. The van der Waals surface area contributed by atoms with Crippen LogP contribution in [0, 0.1) is 5.82 Å². The van der Waals surface area contributed by atoms with E-state index in [4.69, 9.17) is 10.5 Å². The van der Waals surface area contributed by atoms with Crippen molar-refractivity contribution in [1.82, 2.24) is 0 Å². The summed E-state index contributed by atoms with van der Waals surface area (Å²) in [6.07, 6.45) is 0.901. The van der Waals surface area contributed by atoms with Crippen LogP contribution in [-0.2, 0) is 10.2 Å². The zero-order chi connectivity index (χ0) is 10.0. The van der Waals surface area contributed by atoms with Crippen LogP contribution in [0.25, 0.3) is 0 Å². The molecule has 1 fully saturated rings. The maximum absolute atomic E-state index is 12.7. The zero-order valence-corrected chi connectivity index (χ0v) is 8.00. The van der Waals surface area contributed by atoms with Gasteiger partial charge < -0.3 is 10.5 Å². The van der Waals surface area contributed by atoms with Gasteiger partial charge in [-0.2, -0.15) is 0 Å². The molecule has 3 heteroatoms. The summed E-state index contributed by atoms with van der Waals surface area (Å²) >= 11 is 0. The van der Waals surface area contributed by atoms with E-state index in [9.17, 15) is 4.39 Å². The predicted molar refractivity (Wildman–Crippen MR) is 52.6 cm³/mol. The molecule has 1 aromatic carbocycles. The van der Waals surface area contributed by atoms with Crippen LogP contribution >= 0.6 is 0 Å². The standard InChI is InChI=1S/C11H14FNO/c12-10-3-1-9(2-4-10)11(5-6-13)7-14-8-11/h1-4H,5-8,13H2. The van der Waals surface area contributed by atoms with Crippen molar-refractivity contribution in [3.63, 3.8) is 0 Å². The van der Waals surface area contributed by atoms with Gasteiger partial charge in [-0.15, -0.1) is 0 Å². The fourth-order valence-electron chi connectivity index (χ4n) is 1.88. The summed E-state index contributed by atoms with van der Waals surface area (Å²) in [5, 5.41) is 0. The number of rotatable bonds is 3. The summed E-state index contributed by atoms with van der Waals surface area (Å²) in [6.45, 7) is 2.05. The molecule has 14 heavy (non-hydrogen) atoms. The van der Waals surface area contributed by atoms with Gasteiger partial charge in [0.25, 0.3) is 0 Å². The lowest BCUT2D eigenvalue weighted by Crippen LogP contribution is -2.48. The fraction of sp³-hybridized carbons (Fsp3) is 0.455. The number of hydrogen-bond donors (Lipinski definition) is 1. The zero-order valence-electron chi connectivity index (χ0n) is 8.00. The molecule has 0 aromatic heterocycles. The Morgan fingerprint density at radius 3 is 2.36 bits per heavy atom. The predicted octanol–water partition coefficient (Wildman–Crippen LogP) is 1.44. The molecule has 0 radical (unpaired) electrons. The SMILES string of the molecule is NCCC1(c2ccc(F)cc2)COC1. The molecule has 1 aromatic rings. The van der Waals surface area contributed by atoms with Crippen molar-refractivity contribution < 1.29 is 9.13 Å². The van der Waals surface area contributed by atoms with Gasteiger partial charge in [0.05, 0.1) is 13.2 Å². The molecular weight excluding hydrogens is 181 g/mol. The van der Waals surface area contributed by atoms with Crippen LogP contribution in [-0.4, -0.2) is 19.8 Å². The smallest absolute Gasteiger partial charge is 0.123 e. The summed E-state index contributed by atoms with van der Waals surface area (Å²) in [4.78, 5) is 0. The molecule has 1 heterocycles. The van der Waals surface area contributed by atoms with E-state index < -0.39 is 0 Å². The molecule has 2 rings (SSSR count). The molecule has 2 N–H and O–H groups in total. The molecule has 0 amide bonds. The second-order valence-electron chi connectivity index (χ2n) is 3.82. The van der Waals surface area contributed by atoms with E-state index in [0.29, 0.717) is 19.8 Å². The van der Waals surface area contributed by atoms with Crippen molar-refractivity contribution in [2.45, 2.75) is 11.8 Å². The van der Waals surface area contributed by atoms with Gasteiger partial charge in [0.1, 0.15) is 5.82 Å². The highest BCUT2D eigenvalue weighted by molar-refractivity contribution is 5.28. The van der Waals surface area contributed by atoms with Crippen LogP contribution < -0.4 is 5.73 Å². The second kappa shape index (κ2) is 3.67. The van der Waals surface area contributed by atoms with E-state index in [2.05, 4.69) is 0 Å². The Morgan fingerprint density at radius 2 is 1.93 bits per heavy atom. The highest BCUT2D eigenvalue weighted by Crippen LogP contribution is 2.35. The Labute approximate surface area is 82.9 Å². The van der Waals surface area contributed by atoms with Gasteiger partial charge in [-0.1, -0.05) is 12.1 Å². The highest BCUT2D eigenvalue weighted by atomic mass is 19.1. The summed E-state index contributed by atoms with van der Waals surface area (Å²) in [5.74, 6) is -0.197. The minimum atomic E-state index is -0.197. The third-order valence-corrected chi connectivity index (χ3v) is 2.84. The van der Waals surface area contributed by atoms with Crippen molar-refractivity contribution >= 4 is 0 Å². The maximum atomic E-state index is 12.7. The average molecular weight is 195 g/mol. The summed E-state index contributed by atoms with van der Waals surface area (Å²) in [6, 6.07) is 6.64. The van der Waals surface area contributed by atoms with E-state index in [0.717, 1.165) is 12.0 Å². The van der Waals surface area contributed by atoms with Crippen LogP contribution in [0.4, 0.5) is 4.39 Å². The van der Waals surface area contributed by atoms with Gasteiger partial charge in [0.15, 0.2) is 0 Å². The van der Waals surface area contributed by atoms with Crippen LogP contribution in [0.2, 0.25) is 0 Å². The summed E-state index contributed by atoms with van der Waals surface area (Å²) in [7, 11) is 0. The van der Waals surface area contributed by atoms with Crippen LogP contribution in [0.15, 0.2) is 24.3 Å². The minimum absolute atomic E-state index is 0.0441. The molecule has 0 spiro atoms. The molecule has 1 aliphatic heterocycles. The molecule has 0 saturated carbocycles. The van der Waals surface area contributed by atoms with Crippen LogP contribution in [0.3, 0.4) is 0 Å². The first-order valence-corrected chi connectivity index (χ1v) is 4.81. The molecule has 2 nitrogen and oxygen atoms in total. The van der Waals surface area contributed by atoms with Gasteiger partial charge in [-0.3, -0.25) is 0 Å². The third kappa shape index (κ3) is 1.53. The number of hydrogen-bond acceptors (Lipinski definition) is 2. The van der Waals surface area contributed by atoms with E-state index in [1.807, 2.05) is 12.1 Å². The van der Waals surface area contributed by atoms with Gasteiger partial charge in [-0.05, 0) is 30.7 Å². The van der Waals surface area contributed by atoms with Crippen LogP contribution in [0.1, 0.15) is 12.0 Å². The minimum Gasteiger partial charge on any atom is -0.379 e. The number of halogens is 1. The lowest BCUT2D eigenvalue weighted by atomic mass is 9.76. The molecule has 0 bridgehead atoms. The number of benzene rings is 1. The third-order valence-electron chi connectivity index (χ3n) is 2.84. The topological polar surface area (TPSA) is 35.2 Å². The average Bonchev–Trinajstić information content (AvgIpc) is 2.13. The van der Waals surface area contributed by atoms with E-state index in [1.165, 1.54) is 12.1 Å². The Bertz CT molecular complexity index is 306.